The first-order valence-electron chi connectivity index (χ1n) is 4.42. The third-order valence-electron chi connectivity index (χ3n) is 2.56. The molecule has 3 nitrogen and oxygen atoms in total. The molecular weight excluding hydrogens is 274 g/mol. The zero-order valence-corrected chi connectivity index (χ0v) is 11.1. The highest BCUT2D eigenvalue weighted by atomic mass is 35.5. The molecule has 0 heterocycles. The van der Waals surface area contributed by atoms with E-state index in [9.17, 15) is 4.79 Å². The first-order chi connectivity index (χ1) is 7.41. The van der Waals surface area contributed by atoms with E-state index in [1.165, 1.54) is 20.3 Å². The summed E-state index contributed by atoms with van der Waals surface area (Å²) in [4.78, 5) is 10.4. The van der Waals surface area contributed by atoms with E-state index in [0.717, 1.165) is 0 Å². The molecule has 1 aliphatic carbocycles. The molecule has 0 bridgehead atoms. The van der Waals surface area contributed by atoms with E-state index in [0.29, 0.717) is 0 Å². The van der Waals surface area contributed by atoms with Crippen LogP contribution in [0.5, 0.6) is 0 Å². The van der Waals surface area contributed by atoms with Crippen molar-refractivity contribution < 1.29 is 14.3 Å². The molecule has 0 aromatic heterocycles. The van der Waals surface area contributed by atoms with E-state index >= 15 is 0 Å². The van der Waals surface area contributed by atoms with Crippen molar-refractivity contribution >= 4 is 40.6 Å². The largest absolute Gasteiger partial charge is 0.347 e. The van der Waals surface area contributed by atoms with Crippen molar-refractivity contribution in [2.45, 2.75) is 17.1 Å². The van der Waals surface area contributed by atoms with E-state index in [1.54, 1.807) is 0 Å². The minimum Gasteiger partial charge on any atom is -0.347 e. The van der Waals surface area contributed by atoms with Gasteiger partial charge in [0.25, 0.3) is 0 Å². The number of alkyl halides is 1. The van der Waals surface area contributed by atoms with Crippen LogP contribution in [0.3, 0.4) is 0 Å². The highest BCUT2D eigenvalue weighted by Gasteiger charge is 2.65. The molecule has 0 fully saturated rings. The molecule has 16 heavy (non-hydrogen) atoms. The number of methoxy groups -OCH3 is 2. The monoisotopic (exact) mass is 284 g/mol. The average molecular weight is 286 g/mol. The maximum absolute atomic E-state index is 11.9. The van der Waals surface area contributed by atoms with Crippen molar-refractivity contribution in [3.63, 3.8) is 0 Å². The molecule has 0 saturated carbocycles. The Labute approximate surface area is 109 Å². The topological polar surface area (TPSA) is 35.5 Å². The molecule has 0 aromatic carbocycles. The summed E-state index contributed by atoms with van der Waals surface area (Å²) in [5, 5.41) is -0.205. The first kappa shape index (κ1) is 14.0. The SMILES string of the molecule is C=CCC1(Cl)C(=O)C(Cl)=C(Cl)C1(OC)OC. The number of hydrogen-bond acceptors (Lipinski definition) is 3. The number of ketones is 1. The summed E-state index contributed by atoms with van der Waals surface area (Å²) in [5.74, 6) is -2.08. The van der Waals surface area contributed by atoms with Crippen molar-refractivity contribution in [1.29, 1.82) is 0 Å². The number of halogens is 3. The average Bonchev–Trinajstić information content (AvgIpc) is 2.41. The minimum absolute atomic E-state index is 0.0407. The van der Waals surface area contributed by atoms with Crippen LogP contribution in [0.15, 0.2) is 22.7 Å². The van der Waals surface area contributed by atoms with Crippen molar-refractivity contribution in [1.82, 2.24) is 0 Å². The molecule has 0 N–H and O–H groups in total. The number of ether oxygens (including phenoxy) is 2. The van der Waals surface area contributed by atoms with E-state index in [4.69, 9.17) is 44.3 Å². The number of carbonyl (C=O) groups excluding carboxylic acids is 1. The maximum atomic E-state index is 11.9. The van der Waals surface area contributed by atoms with Gasteiger partial charge >= 0.3 is 0 Å². The fourth-order valence-electron chi connectivity index (χ4n) is 1.75. The molecule has 1 atom stereocenters. The second kappa shape index (κ2) is 4.67. The molecule has 0 radical (unpaired) electrons. The van der Waals surface area contributed by atoms with Gasteiger partial charge in [-0.2, -0.15) is 0 Å². The van der Waals surface area contributed by atoms with Gasteiger partial charge in [0.05, 0.1) is 0 Å². The van der Waals surface area contributed by atoms with Crippen LogP contribution in [-0.2, 0) is 14.3 Å². The Kier molecular flexibility index (Phi) is 4.08. The molecule has 0 saturated heterocycles. The minimum atomic E-state index is -1.56. The molecule has 6 heteroatoms. The predicted octanol–water partition coefficient (Wildman–Crippen LogP) is 2.80. The summed E-state index contributed by atoms with van der Waals surface area (Å²) in [6.07, 6.45) is 1.61. The molecule has 1 aliphatic rings. The standard InChI is InChI=1S/C10H11Cl3O3/c1-4-5-9(13)8(14)6(11)7(12)10(9,15-2)16-3/h4H,1,5H2,2-3H3. The predicted molar refractivity (Wildman–Crippen MR) is 63.9 cm³/mol. The summed E-state index contributed by atoms with van der Waals surface area (Å²) in [6, 6.07) is 0. The van der Waals surface area contributed by atoms with Crippen molar-refractivity contribution in [2.75, 3.05) is 14.2 Å². The third kappa shape index (κ3) is 1.54. The van der Waals surface area contributed by atoms with Gasteiger partial charge in [0.1, 0.15) is 10.1 Å². The van der Waals surface area contributed by atoms with Gasteiger partial charge in [-0.25, -0.2) is 0 Å². The van der Waals surface area contributed by atoms with Crippen LogP contribution in [0, 0.1) is 0 Å². The smallest absolute Gasteiger partial charge is 0.234 e. The van der Waals surface area contributed by atoms with Gasteiger partial charge < -0.3 is 9.47 Å². The molecule has 1 unspecified atom stereocenters. The summed E-state index contributed by atoms with van der Waals surface area (Å²) in [6.45, 7) is 3.54. The molecule has 0 amide bonds. The Hall–Kier alpha value is -0.0600. The Bertz CT molecular complexity index is 360. The molecule has 1 rings (SSSR count). The lowest BCUT2D eigenvalue weighted by molar-refractivity contribution is -0.192. The fraction of sp³-hybridized carbons (Fsp3) is 0.500. The van der Waals surface area contributed by atoms with Gasteiger partial charge in [-0.1, -0.05) is 29.3 Å². The number of allylic oxidation sites excluding steroid dienone is 2. The van der Waals surface area contributed by atoms with Crippen molar-refractivity contribution in [3.8, 4) is 0 Å². The summed E-state index contributed by atoms with van der Waals surface area (Å²) in [7, 11) is 2.68. The van der Waals surface area contributed by atoms with Crippen LogP contribution in [0.1, 0.15) is 6.42 Å². The third-order valence-corrected chi connectivity index (χ3v) is 4.03. The van der Waals surface area contributed by atoms with E-state index in [-0.39, 0.29) is 16.5 Å². The van der Waals surface area contributed by atoms with Crippen LogP contribution in [0.2, 0.25) is 0 Å². The van der Waals surface area contributed by atoms with Gasteiger partial charge in [-0.15, -0.1) is 18.2 Å². The lowest BCUT2D eigenvalue weighted by Crippen LogP contribution is -2.53. The highest BCUT2D eigenvalue weighted by Crippen LogP contribution is 2.52. The fourth-order valence-corrected chi connectivity index (χ4v) is 2.99. The van der Waals surface area contributed by atoms with Crippen LogP contribution in [0.4, 0.5) is 0 Å². The molecule has 0 spiro atoms. The van der Waals surface area contributed by atoms with Crippen molar-refractivity contribution in [3.05, 3.63) is 22.7 Å². The Morgan fingerprint density at radius 2 is 1.88 bits per heavy atom. The zero-order chi connectivity index (χ0) is 12.6. The maximum Gasteiger partial charge on any atom is 0.234 e. The lowest BCUT2D eigenvalue weighted by Gasteiger charge is -2.37. The van der Waals surface area contributed by atoms with Gasteiger partial charge in [0.15, 0.2) is 4.87 Å². The summed E-state index contributed by atoms with van der Waals surface area (Å²) < 4.78 is 10.3. The van der Waals surface area contributed by atoms with E-state index in [1.807, 2.05) is 0 Å². The molecule has 0 aliphatic heterocycles. The molecule has 90 valence electrons. The molecular formula is C10H11Cl3O3. The number of carbonyl (C=O) groups is 1. The van der Waals surface area contributed by atoms with E-state index in [2.05, 4.69) is 6.58 Å². The van der Waals surface area contributed by atoms with E-state index < -0.39 is 16.4 Å². The van der Waals surface area contributed by atoms with Gasteiger partial charge in [0.2, 0.25) is 11.6 Å². The second-order valence-electron chi connectivity index (χ2n) is 3.28. The summed E-state index contributed by atoms with van der Waals surface area (Å²) >= 11 is 18.0. The van der Waals surface area contributed by atoms with Crippen LogP contribution < -0.4 is 0 Å². The Morgan fingerprint density at radius 3 is 2.25 bits per heavy atom. The highest BCUT2D eigenvalue weighted by molar-refractivity contribution is 6.57. The number of hydrogen-bond donors (Lipinski definition) is 0. The van der Waals surface area contributed by atoms with Gasteiger partial charge in [-0.05, 0) is 6.42 Å². The number of rotatable bonds is 4. The quantitative estimate of drug-likeness (QED) is 0.453. The first-order valence-corrected chi connectivity index (χ1v) is 5.55. The Balaban J connectivity index is 3.40. The Morgan fingerprint density at radius 1 is 1.38 bits per heavy atom. The van der Waals surface area contributed by atoms with Gasteiger partial charge in [0, 0.05) is 14.2 Å². The second-order valence-corrected chi connectivity index (χ2v) is 4.68. The normalized spacial score (nSPS) is 28.7. The van der Waals surface area contributed by atoms with Crippen LogP contribution in [0.25, 0.3) is 0 Å². The summed E-state index contributed by atoms with van der Waals surface area (Å²) in [5.41, 5.74) is 0. The van der Waals surface area contributed by atoms with Crippen molar-refractivity contribution in [2.24, 2.45) is 0 Å². The van der Waals surface area contributed by atoms with Crippen LogP contribution in [-0.4, -0.2) is 30.7 Å². The van der Waals surface area contributed by atoms with Crippen LogP contribution >= 0.6 is 34.8 Å². The number of Topliss-reactive ketones (excluding diaryl/α,β-unsaturated/α-hetero) is 1. The zero-order valence-electron chi connectivity index (χ0n) is 8.85. The lowest BCUT2D eigenvalue weighted by atomic mass is 9.95. The molecule has 0 aromatic rings. The van der Waals surface area contributed by atoms with Gasteiger partial charge in [-0.3, -0.25) is 4.79 Å².